The van der Waals surface area contributed by atoms with E-state index < -0.39 is 38.4 Å². The van der Waals surface area contributed by atoms with Crippen LogP contribution in [0.5, 0.6) is 11.5 Å². The van der Waals surface area contributed by atoms with Crippen molar-refractivity contribution >= 4 is 15.9 Å². The van der Waals surface area contributed by atoms with Gasteiger partial charge in [0, 0.05) is 6.42 Å². The Labute approximate surface area is 184 Å². The van der Waals surface area contributed by atoms with Gasteiger partial charge < -0.3 is 14.6 Å². The first-order valence-corrected chi connectivity index (χ1v) is 11.9. The van der Waals surface area contributed by atoms with E-state index in [4.69, 9.17) is 20.1 Å². The number of ketones is 1. The van der Waals surface area contributed by atoms with Crippen molar-refractivity contribution in [3.8, 4) is 23.8 Å². The number of carbonyl (C=O) groups is 1. The normalized spacial score (nSPS) is 27.4. The van der Waals surface area contributed by atoms with Crippen LogP contribution >= 0.6 is 0 Å². The standard InChI is InChI=1S/C23H30O7S/c1-6-22(4,25)20(14-29-18-9-7-17(28-5)8-10-18)30-31(26,27)15-23-12-11-16(13-19(23)24)21(23,2)3/h1,7-10,16,20,25H,11-15H2,2-5H3. The molecule has 2 aliphatic carbocycles. The molecule has 2 aliphatic rings. The number of aliphatic hydroxyl groups is 1. The van der Waals surface area contributed by atoms with E-state index in [0.717, 1.165) is 6.42 Å². The molecule has 1 aromatic rings. The lowest BCUT2D eigenvalue weighted by atomic mass is 9.70. The molecule has 1 N–H and O–H groups in total. The second-order valence-corrected chi connectivity index (χ2v) is 10.8. The highest BCUT2D eigenvalue weighted by molar-refractivity contribution is 7.86. The third-order valence-electron chi connectivity index (χ3n) is 7.21. The van der Waals surface area contributed by atoms with E-state index in [2.05, 4.69) is 5.92 Å². The van der Waals surface area contributed by atoms with Crippen molar-refractivity contribution < 1.29 is 32.0 Å². The molecule has 2 fully saturated rings. The molecular weight excluding hydrogens is 420 g/mol. The third kappa shape index (κ3) is 4.32. The van der Waals surface area contributed by atoms with Gasteiger partial charge in [-0.1, -0.05) is 19.8 Å². The van der Waals surface area contributed by atoms with Crippen molar-refractivity contribution in [1.82, 2.24) is 0 Å². The van der Waals surface area contributed by atoms with E-state index >= 15 is 0 Å². The van der Waals surface area contributed by atoms with Crippen LogP contribution in [0, 0.1) is 29.1 Å². The van der Waals surface area contributed by atoms with Gasteiger partial charge in [-0.2, -0.15) is 8.42 Å². The summed E-state index contributed by atoms with van der Waals surface area (Å²) < 4.78 is 42.2. The van der Waals surface area contributed by atoms with Crippen molar-refractivity contribution in [2.45, 2.75) is 51.7 Å². The van der Waals surface area contributed by atoms with Crippen LogP contribution in [-0.2, 0) is 19.1 Å². The molecule has 31 heavy (non-hydrogen) atoms. The fourth-order valence-corrected chi connectivity index (χ4v) is 6.79. The number of carbonyl (C=O) groups excluding carboxylic acids is 1. The number of methoxy groups -OCH3 is 1. The predicted molar refractivity (Wildman–Crippen MR) is 115 cm³/mol. The Morgan fingerprint density at radius 2 is 1.90 bits per heavy atom. The molecule has 7 nitrogen and oxygen atoms in total. The highest BCUT2D eigenvalue weighted by atomic mass is 32.2. The van der Waals surface area contributed by atoms with Crippen LogP contribution in [-0.4, -0.2) is 50.5 Å². The van der Waals surface area contributed by atoms with Gasteiger partial charge in [0.25, 0.3) is 10.1 Å². The van der Waals surface area contributed by atoms with E-state index in [9.17, 15) is 18.3 Å². The number of benzene rings is 1. The van der Waals surface area contributed by atoms with Crippen molar-refractivity contribution in [1.29, 1.82) is 0 Å². The van der Waals surface area contributed by atoms with Gasteiger partial charge in [0.2, 0.25) is 0 Å². The summed E-state index contributed by atoms with van der Waals surface area (Å²) in [5.41, 5.74) is -3.30. The van der Waals surface area contributed by atoms with Gasteiger partial charge >= 0.3 is 0 Å². The van der Waals surface area contributed by atoms with Crippen LogP contribution in [0.1, 0.15) is 40.0 Å². The molecule has 0 amide bonds. The summed E-state index contributed by atoms with van der Waals surface area (Å²) in [5, 5.41) is 10.6. The maximum absolute atomic E-state index is 13.0. The minimum Gasteiger partial charge on any atom is -0.497 e. The molecule has 0 heterocycles. The maximum atomic E-state index is 13.0. The fraction of sp³-hybridized carbons (Fsp3) is 0.609. The van der Waals surface area contributed by atoms with Crippen molar-refractivity contribution in [3.05, 3.63) is 24.3 Å². The van der Waals surface area contributed by atoms with E-state index in [1.807, 2.05) is 13.8 Å². The summed E-state index contributed by atoms with van der Waals surface area (Å²) in [4.78, 5) is 12.7. The van der Waals surface area contributed by atoms with Crippen LogP contribution < -0.4 is 9.47 Å². The fourth-order valence-electron chi connectivity index (χ4n) is 4.84. The van der Waals surface area contributed by atoms with E-state index in [1.54, 1.807) is 24.3 Å². The van der Waals surface area contributed by atoms with Gasteiger partial charge in [-0.3, -0.25) is 8.98 Å². The Balaban J connectivity index is 1.77. The first-order chi connectivity index (χ1) is 14.4. The molecule has 2 saturated carbocycles. The summed E-state index contributed by atoms with van der Waals surface area (Å²) in [6, 6.07) is 6.66. The molecule has 8 heteroatoms. The highest BCUT2D eigenvalue weighted by Crippen LogP contribution is 2.64. The lowest BCUT2D eigenvalue weighted by Crippen LogP contribution is -2.48. The van der Waals surface area contributed by atoms with Gasteiger partial charge in [-0.15, -0.1) is 6.42 Å². The molecule has 0 saturated heterocycles. The number of fused-ring (bicyclic) bond motifs is 2. The molecule has 170 valence electrons. The number of hydrogen-bond acceptors (Lipinski definition) is 7. The highest BCUT2D eigenvalue weighted by Gasteiger charge is 2.65. The average molecular weight is 451 g/mol. The van der Waals surface area contributed by atoms with Crippen molar-refractivity contribution in [2.75, 3.05) is 19.5 Å². The molecule has 2 bridgehead atoms. The molecule has 0 aliphatic heterocycles. The summed E-state index contributed by atoms with van der Waals surface area (Å²) in [5.74, 6) is 2.96. The first kappa shape index (κ1) is 23.6. The Morgan fingerprint density at radius 1 is 1.29 bits per heavy atom. The van der Waals surface area contributed by atoms with Crippen molar-refractivity contribution in [2.24, 2.45) is 16.7 Å². The number of hydrogen-bond donors (Lipinski definition) is 1. The van der Waals surface area contributed by atoms with Gasteiger partial charge in [-0.05, 0) is 55.4 Å². The van der Waals surface area contributed by atoms with E-state index in [1.165, 1.54) is 14.0 Å². The van der Waals surface area contributed by atoms with Crippen LogP contribution in [0.25, 0.3) is 0 Å². The Kier molecular flexibility index (Phi) is 6.18. The van der Waals surface area contributed by atoms with Crippen LogP contribution in [0.4, 0.5) is 0 Å². The van der Waals surface area contributed by atoms with Crippen LogP contribution in [0.15, 0.2) is 24.3 Å². The Hall–Kier alpha value is -2.08. The topological polar surface area (TPSA) is 99.1 Å². The summed E-state index contributed by atoms with van der Waals surface area (Å²) in [7, 11) is -2.66. The second kappa shape index (κ2) is 8.12. The van der Waals surface area contributed by atoms with Gasteiger partial charge in [-0.25, -0.2) is 0 Å². The van der Waals surface area contributed by atoms with Crippen LogP contribution in [0.3, 0.4) is 0 Å². The third-order valence-corrected chi connectivity index (χ3v) is 8.58. The van der Waals surface area contributed by atoms with Gasteiger partial charge in [0.15, 0.2) is 11.7 Å². The largest absolute Gasteiger partial charge is 0.497 e. The number of ether oxygens (including phenoxy) is 2. The van der Waals surface area contributed by atoms with E-state index in [0.29, 0.717) is 24.3 Å². The zero-order valence-electron chi connectivity index (χ0n) is 18.4. The molecule has 0 spiro atoms. The Morgan fingerprint density at radius 3 is 2.39 bits per heavy atom. The van der Waals surface area contributed by atoms with Crippen LogP contribution in [0.2, 0.25) is 0 Å². The quantitative estimate of drug-likeness (QED) is 0.456. The smallest absolute Gasteiger partial charge is 0.268 e. The minimum absolute atomic E-state index is 0.0318. The minimum atomic E-state index is -4.20. The molecule has 4 atom stereocenters. The van der Waals surface area contributed by atoms with Gasteiger partial charge in [0.1, 0.15) is 23.9 Å². The lowest BCUT2D eigenvalue weighted by molar-refractivity contribution is -0.128. The second-order valence-electron chi connectivity index (χ2n) is 9.23. The summed E-state index contributed by atoms with van der Waals surface area (Å²) >= 11 is 0. The van der Waals surface area contributed by atoms with Crippen molar-refractivity contribution in [3.63, 3.8) is 0 Å². The summed E-state index contributed by atoms with van der Waals surface area (Å²) in [6.07, 6.45) is 5.81. The average Bonchev–Trinajstić information content (AvgIpc) is 3.05. The monoisotopic (exact) mass is 450 g/mol. The molecule has 4 unspecified atom stereocenters. The SMILES string of the molecule is C#CC(C)(O)C(COc1ccc(OC)cc1)OS(=O)(=O)CC12CCC(CC1=O)C2(C)C. The molecule has 0 radical (unpaired) electrons. The molecule has 3 rings (SSSR count). The zero-order valence-corrected chi connectivity index (χ0v) is 19.2. The first-order valence-electron chi connectivity index (χ1n) is 10.3. The predicted octanol–water partition coefficient (Wildman–Crippen LogP) is 2.57. The lowest BCUT2D eigenvalue weighted by Gasteiger charge is -2.36. The molecule has 0 aromatic heterocycles. The summed E-state index contributed by atoms with van der Waals surface area (Å²) in [6.45, 7) is 4.90. The van der Waals surface area contributed by atoms with Gasteiger partial charge in [0.05, 0.1) is 18.3 Å². The zero-order chi connectivity index (χ0) is 23.1. The molecular formula is C23H30O7S. The molecule has 1 aromatic carbocycles. The van der Waals surface area contributed by atoms with E-state index in [-0.39, 0.29) is 18.3 Å². The number of rotatable bonds is 9. The maximum Gasteiger partial charge on any atom is 0.268 e. The Bertz CT molecular complexity index is 972. The number of Topliss-reactive ketones (excluding diaryl/α,β-unsaturated/α-hetero) is 1. The number of terminal acetylenes is 1.